The Bertz CT molecular complexity index is 292. The van der Waals surface area contributed by atoms with Crippen molar-refractivity contribution < 1.29 is 17.6 Å². The van der Waals surface area contributed by atoms with Crippen LogP contribution in [0, 0.1) is 11.8 Å². The molecule has 1 aromatic heterocycles. The molecule has 1 aromatic rings. The number of pyridine rings is 1. The molecule has 0 aliphatic carbocycles. The highest BCUT2D eigenvalue weighted by Crippen LogP contribution is 2.28. The van der Waals surface area contributed by atoms with Crippen LogP contribution in [0.15, 0.2) is 12.3 Å². The van der Waals surface area contributed by atoms with Gasteiger partial charge in [-0.05, 0) is 0 Å². The minimum Gasteiger partial charge on any atom is -0.225 e. The van der Waals surface area contributed by atoms with E-state index in [0.717, 1.165) is 0 Å². The van der Waals surface area contributed by atoms with Crippen LogP contribution in [0.2, 0.25) is 0 Å². The van der Waals surface area contributed by atoms with Gasteiger partial charge in [-0.2, -0.15) is 4.39 Å². The molecular formula is C7H5F4N. The van der Waals surface area contributed by atoms with Gasteiger partial charge in [-0.25, -0.2) is 18.2 Å². The molecular weight excluding hydrogens is 174 g/mol. The number of hydrogen-bond acceptors (Lipinski definition) is 1. The summed E-state index contributed by atoms with van der Waals surface area (Å²) in [5.74, 6) is -5.70. The van der Waals surface area contributed by atoms with Gasteiger partial charge in [0.15, 0.2) is 5.82 Å². The lowest BCUT2D eigenvalue weighted by Gasteiger charge is -2.10. The summed E-state index contributed by atoms with van der Waals surface area (Å²) in [6, 6.07) is 0.384. The highest BCUT2D eigenvalue weighted by atomic mass is 19.3. The third kappa shape index (κ3) is 1.72. The monoisotopic (exact) mass is 179 g/mol. The second-order valence-electron chi connectivity index (χ2n) is 2.38. The SMILES string of the molecule is CC(F)(F)c1cc(F)ncc1F. The number of hydrogen-bond donors (Lipinski definition) is 0. The normalized spacial score (nSPS) is 11.8. The van der Waals surface area contributed by atoms with E-state index >= 15 is 0 Å². The van der Waals surface area contributed by atoms with Crippen molar-refractivity contribution in [3.8, 4) is 0 Å². The van der Waals surface area contributed by atoms with E-state index in [1.165, 1.54) is 0 Å². The summed E-state index contributed by atoms with van der Waals surface area (Å²) >= 11 is 0. The molecule has 5 heteroatoms. The van der Waals surface area contributed by atoms with Crippen molar-refractivity contribution in [2.45, 2.75) is 12.8 Å². The minimum atomic E-state index is -3.38. The Labute approximate surface area is 66.0 Å². The van der Waals surface area contributed by atoms with E-state index in [-0.39, 0.29) is 0 Å². The van der Waals surface area contributed by atoms with Crippen LogP contribution in [0.5, 0.6) is 0 Å². The van der Waals surface area contributed by atoms with Crippen molar-refractivity contribution in [3.63, 3.8) is 0 Å². The Morgan fingerprint density at radius 3 is 2.33 bits per heavy atom. The summed E-state index contributed by atoms with van der Waals surface area (Å²) in [6.07, 6.45) is 0.433. The van der Waals surface area contributed by atoms with Gasteiger partial charge in [-0.15, -0.1) is 0 Å². The van der Waals surface area contributed by atoms with Crippen molar-refractivity contribution in [3.05, 3.63) is 29.6 Å². The maximum absolute atomic E-state index is 12.6. The number of aromatic nitrogens is 1. The lowest BCUT2D eigenvalue weighted by molar-refractivity contribution is 0.0132. The zero-order valence-electron chi connectivity index (χ0n) is 6.11. The lowest BCUT2D eigenvalue weighted by atomic mass is 10.1. The highest BCUT2D eigenvalue weighted by molar-refractivity contribution is 5.18. The van der Waals surface area contributed by atoms with Gasteiger partial charge in [0.05, 0.1) is 11.8 Å². The third-order valence-electron chi connectivity index (χ3n) is 1.29. The van der Waals surface area contributed by atoms with Gasteiger partial charge in [0.2, 0.25) is 5.95 Å². The minimum absolute atomic E-state index is 0.384. The summed E-state index contributed by atoms with van der Waals surface area (Å²) in [6.45, 7) is 0.491. The standard InChI is InChI=1S/C7H5F4N/c1-7(10,11)4-2-6(9)12-3-5(4)8/h2-3H,1H3. The van der Waals surface area contributed by atoms with Gasteiger partial charge in [0.1, 0.15) is 0 Å². The van der Waals surface area contributed by atoms with Crippen molar-refractivity contribution in [2.24, 2.45) is 0 Å². The van der Waals surface area contributed by atoms with Gasteiger partial charge in [-0.1, -0.05) is 0 Å². The molecule has 66 valence electrons. The molecule has 0 bridgehead atoms. The van der Waals surface area contributed by atoms with E-state index in [0.29, 0.717) is 19.2 Å². The molecule has 0 unspecified atom stereocenters. The smallest absolute Gasteiger partial charge is 0.225 e. The highest BCUT2D eigenvalue weighted by Gasteiger charge is 2.28. The van der Waals surface area contributed by atoms with Crippen LogP contribution >= 0.6 is 0 Å². The lowest BCUT2D eigenvalue weighted by Crippen LogP contribution is -2.10. The van der Waals surface area contributed by atoms with Crippen molar-refractivity contribution in [2.75, 3.05) is 0 Å². The van der Waals surface area contributed by atoms with E-state index in [4.69, 9.17) is 0 Å². The average molecular weight is 179 g/mol. The molecule has 12 heavy (non-hydrogen) atoms. The zero-order chi connectivity index (χ0) is 9.35. The Hall–Kier alpha value is -1.13. The maximum Gasteiger partial charge on any atom is 0.273 e. The Kier molecular flexibility index (Phi) is 2.04. The van der Waals surface area contributed by atoms with Crippen LogP contribution in [0.4, 0.5) is 17.6 Å². The van der Waals surface area contributed by atoms with Gasteiger partial charge < -0.3 is 0 Å². The molecule has 0 amide bonds. The third-order valence-corrected chi connectivity index (χ3v) is 1.29. The number of rotatable bonds is 1. The summed E-state index contributed by atoms with van der Waals surface area (Å²) < 4.78 is 49.7. The first-order chi connectivity index (χ1) is 5.41. The van der Waals surface area contributed by atoms with E-state index < -0.39 is 23.3 Å². The number of alkyl halides is 2. The molecule has 0 aliphatic heterocycles. The van der Waals surface area contributed by atoms with Gasteiger partial charge in [0, 0.05) is 13.0 Å². The van der Waals surface area contributed by atoms with Crippen LogP contribution in [-0.2, 0) is 5.92 Å². The largest absolute Gasteiger partial charge is 0.273 e. The summed E-state index contributed by atoms with van der Waals surface area (Å²) in [5.41, 5.74) is -0.977. The van der Waals surface area contributed by atoms with E-state index in [9.17, 15) is 17.6 Å². The van der Waals surface area contributed by atoms with Crippen LogP contribution in [-0.4, -0.2) is 4.98 Å². The van der Waals surface area contributed by atoms with Gasteiger partial charge >= 0.3 is 0 Å². The molecule has 0 fully saturated rings. The number of nitrogens with zero attached hydrogens (tertiary/aromatic N) is 1. The molecule has 0 saturated carbocycles. The molecule has 1 rings (SSSR count). The van der Waals surface area contributed by atoms with Crippen LogP contribution in [0.1, 0.15) is 12.5 Å². The first-order valence-electron chi connectivity index (χ1n) is 3.10. The van der Waals surface area contributed by atoms with Crippen LogP contribution < -0.4 is 0 Å². The van der Waals surface area contributed by atoms with Gasteiger partial charge in [0.25, 0.3) is 5.92 Å². The molecule has 1 nitrogen and oxygen atoms in total. The average Bonchev–Trinajstić information content (AvgIpc) is 1.92. The molecule has 0 radical (unpaired) electrons. The van der Waals surface area contributed by atoms with Crippen LogP contribution in [0.3, 0.4) is 0 Å². The molecule has 0 aliphatic rings. The van der Waals surface area contributed by atoms with Crippen molar-refractivity contribution in [1.82, 2.24) is 4.98 Å². The van der Waals surface area contributed by atoms with E-state index in [1.54, 1.807) is 0 Å². The maximum atomic E-state index is 12.6. The Morgan fingerprint density at radius 1 is 1.33 bits per heavy atom. The first-order valence-corrected chi connectivity index (χ1v) is 3.10. The predicted octanol–water partition coefficient (Wildman–Crippen LogP) is 2.47. The fourth-order valence-electron chi connectivity index (χ4n) is 0.750. The molecule has 1 heterocycles. The Balaban J connectivity index is 3.23. The first kappa shape index (κ1) is 8.96. The van der Waals surface area contributed by atoms with Crippen LogP contribution in [0.25, 0.3) is 0 Å². The van der Waals surface area contributed by atoms with Gasteiger partial charge in [-0.3, -0.25) is 0 Å². The van der Waals surface area contributed by atoms with Crippen molar-refractivity contribution >= 4 is 0 Å². The molecule has 0 aromatic carbocycles. The molecule has 0 spiro atoms. The molecule has 0 saturated heterocycles. The Morgan fingerprint density at radius 2 is 1.92 bits per heavy atom. The summed E-state index contributed by atoms with van der Waals surface area (Å²) in [5, 5.41) is 0. The second-order valence-corrected chi connectivity index (χ2v) is 2.38. The molecule has 0 N–H and O–H groups in total. The van der Waals surface area contributed by atoms with Crippen molar-refractivity contribution in [1.29, 1.82) is 0 Å². The summed E-state index contributed by atoms with van der Waals surface area (Å²) in [7, 11) is 0. The predicted molar refractivity (Wildman–Crippen MR) is 33.7 cm³/mol. The topological polar surface area (TPSA) is 12.9 Å². The fraction of sp³-hybridized carbons (Fsp3) is 0.286. The zero-order valence-corrected chi connectivity index (χ0v) is 6.11. The summed E-state index contributed by atoms with van der Waals surface area (Å²) in [4.78, 5) is 2.88. The second kappa shape index (κ2) is 2.73. The molecule has 0 atom stereocenters. The van der Waals surface area contributed by atoms with E-state index in [1.807, 2.05) is 0 Å². The number of halogens is 4. The van der Waals surface area contributed by atoms with E-state index in [2.05, 4.69) is 4.98 Å². The quantitative estimate of drug-likeness (QED) is 0.476. The fourth-order valence-corrected chi connectivity index (χ4v) is 0.750.